The molecular weight excluding hydrogens is 411 g/mol. The number of nitrogen functional groups attached to an aromatic ring is 1. The molecule has 1 aliphatic carbocycles. The molecule has 0 atom stereocenters. The summed E-state index contributed by atoms with van der Waals surface area (Å²) in [4.78, 5) is 13.6. The number of benzene rings is 1. The van der Waals surface area contributed by atoms with Crippen molar-refractivity contribution in [3.05, 3.63) is 36.0 Å². The van der Waals surface area contributed by atoms with Crippen molar-refractivity contribution in [2.24, 2.45) is 5.73 Å². The van der Waals surface area contributed by atoms with Crippen molar-refractivity contribution < 1.29 is 4.74 Å². The van der Waals surface area contributed by atoms with Crippen LogP contribution in [0.1, 0.15) is 31.4 Å². The summed E-state index contributed by atoms with van der Waals surface area (Å²) in [7, 11) is 0. The summed E-state index contributed by atoms with van der Waals surface area (Å²) < 4.78 is 5.78. The van der Waals surface area contributed by atoms with Gasteiger partial charge >= 0.3 is 0 Å². The zero-order chi connectivity index (χ0) is 18.8. The number of piperazine rings is 1. The van der Waals surface area contributed by atoms with Crippen LogP contribution in [0.2, 0.25) is 0 Å². The van der Waals surface area contributed by atoms with Crippen LogP contribution in [0.25, 0.3) is 0 Å². The Morgan fingerprint density at radius 2 is 1.69 bits per heavy atom. The first-order valence-electron chi connectivity index (χ1n) is 9.75. The highest BCUT2D eigenvalue weighted by Gasteiger charge is 2.30. The minimum Gasteiger partial charge on any atom is -0.492 e. The molecule has 2 heterocycles. The molecule has 1 aliphatic heterocycles. The highest BCUT2D eigenvalue weighted by atomic mass is 35.5. The van der Waals surface area contributed by atoms with E-state index < -0.39 is 0 Å². The largest absolute Gasteiger partial charge is 0.492 e. The molecule has 0 spiro atoms. The highest BCUT2D eigenvalue weighted by Crippen LogP contribution is 2.36. The highest BCUT2D eigenvalue weighted by molar-refractivity contribution is 5.85. The number of ether oxygens (including phenoxy) is 1. The molecule has 1 saturated heterocycles. The van der Waals surface area contributed by atoms with Crippen LogP contribution in [0.3, 0.4) is 0 Å². The van der Waals surface area contributed by atoms with Gasteiger partial charge in [-0.1, -0.05) is 12.1 Å². The van der Waals surface area contributed by atoms with Crippen molar-refractivity contribution in [2.75, 3.05) is 48.3 Å². The van der Waals surface area contributed by atoms with Crippen molar-refractivity contribution in [1.29, 1.82) is 0 Å². The fourth-order valence-corrected chi connectivity index (χ4v) is 3.92. The first kappa shape index (κ1) is 23.3. The van der Waals surface area contributed by atoms with Gasteiger partial charge in [-0.2, -0.15) is 4.98 Å². The van der Waals surface area contributed by atoms with Gasteiger partial charge in [0.1, 0.15) is 11.6 Å². The minimum atomic E-state index is 0. The van der Waals surface area contributed by atoms with Gasteiger partial charge in [0.05, 0.1) is 18.0 Å². The second-order valence-electron chi connectivity index (χ2n) is 7.31. The SMILES string of the molecule is CCOc1ccccc1N1CCN(c2cc(C3CC(N)C3)nc(N)n2)CC1.Cl.Cl. The monoisotopic (exact) mass is 440 g/mol. The molecule has 4 rings (SSSR count). The Labute approximate surface area is 184 Å². The average molecular weight is 441 g/mol. The lowest BCUT2D eigenvalue weighted by atomic mass is 9.78. The Bertz CT molecular complexity index is 794. The second kappa shape index (κ2) is 10.2. The molecular formula is C20H30Cl2N6O. The van der Waals surface area contributed by atoms with Gasteiger partial charge in [-0.05, 0) is 31.9 Å². The molecule has 7 nitrogen and oxygen atoms in total. The lowest BCUT2D eigenvalue weighted by molar-refractivity contribution is 0.340. The number of anilines is 3. The minimum absolute atomic E-state index is 0. The van der Waals surface area contributed by atoms with Gasteiger partial charge in [-0.3, -0.25) is 0 Å². The van der Waals surface area contributed by atoms with E-state index in [4.69, 9.17) is 16.2 Å². The van der Waals surface area contributed by atoms with Crippen LogP contribution in [0.5, 0.6) is 5.75 Å². The lowest BCUT2D eigenvalue weighted by Crippen LogP contribution is -2.47. The topological polar surface area (TPSA) is 93.5 Å². The van der Waals surface area contributed by atoms with E-state index in [-0.39, 0.29) is 24.8 Å². The fraction of sp³-hybridized carbons (Fsp3) is 0.500. The van der Waals surface area contributed by atoms with Gasteiger partial charge < -0.3 is 26.0 Å². The predicted octanol–water partition coefficient (Wildman–Crippen LogP) is 2.83. The summed E-state index contributed by atoms with van der Waals surface area (Å²) in [5.41, 5.74) is 14.1. The lowest BCUT2D eigenvalue weighted by Gasteiger charge is -2.38. The van der Waals surface area contributed by atoms with Crippen LogP contribution >= 0.6 is 24.8 Å². The Morgan fingerprint density at radius 1 is 1.03 bits per heavy atom. The van der Waals surface area contributed by atoms with E-state index in [1.165, 1.54) is 0 Å². The zero-order valence-corrected chi connectivity index (χ0v) is 18.3. The van der Waals surface area contributed by atoms with E-state index in [1.54, 1.807) is 0 Å². The van der Waals surface area contributed by atoms with Crippen LogP contribution < -0.4 is 26.0 Å². The van der Waals surface area contributed by atoms with Crippen molar-refractivity contribution in [3.8, 4) is 5.75 Å². The number of nitrogens with two attached hydrogens (primary N) is 2. The summed E-state index contributed by atoms with van der Waals surface area (Å²) in [6.07, 6.45) is 1.97. The molecule has 1 aromatic heterocycles. The van der Waals surface area contributed by atoms with Gasteiger partial charge in [0.2, 0.25) is 5.95 Å². The van der Waals surface area contributed by atoms with Crippen LogP contribution in [0, 0.1) is 0 Å². The Hall–Kier alpha value is -1.96. The van der Waals surface area contributed by atoms with E-state index >= 15 is 0 Å². The second-order valence-corrected chi connectivity index (χ2v) is 7.31. The maximum Gasteiger partial charge on any atom is 0.222 e. The van der Waals surface area contributed by atoms with Gasteiger partial charge in [0.15, 0.2) is 0 Å². The van der Waals surface area contributed by atoms with Crippen molar-refractivity contribution >= 4 is 42.3 Å². The van der Waals surface area contributed by atoms with Crippen LogP contribution in [0.4, 0.5) is 17.5 Å². The molecule has 2 aliphatic rings. The average Bonchev–Trinajstić information content (AvgIpc) is 2.66. The van der Waals surface area contributed by atoms with E-state index in [2.05, 4.69) is 38.0 Å². The normalized spacial score (nSPS) is 20.9. The standard InChI is InChI=1S/C20H28N6O.2ClH/c1-2-27-18-6-4-3-5-17(18)25-7-9-26(10-8-25)19-13-16(23-20(22)24-19)14-11-15(21)12-14;;/h3-6,13-15H,2,7-12,21H2,1H3,(H2,22,23,24);2*1H. The Kier molecular flexibility index (Phi) is 8.19. The van der Waals surface area contributed by atoms with Crippen LogP contribution in [-0.4, -0.2) is 48.8 Å². The predicted molar refractivity (Wildman–Crippen MR) is 123 cm³/mol. The molecule has 0 amide bonds. The molecule has 160 valence electrons. The summed E-state index contributed by atoms with van der Waals surface area (Å²) in [5.74, 6) is 2.65. The van der Waals surface area contributed by atoms with E-state index in [1.807, 2.05) is 19.1 Å². The number of para-hydroxylation sites is 2. The third kappa shape index (κ3) is 5.15. The van der Waals surface area contributed by atoms with Crippen molar-refractivity contribution in [2.45, 2.75) is 31.7 Å². The molecule has 0 radical (unpaired) electrons. The number of rotatable bonds is 5. The molecule has 9 heteroatoms. The molecule has 4 N–H and O–H groups in total. The molecule has 29 heavy (non-hydrogen) atoms. The van der Waals surface area contributed by atoms with Crippen LogP contribution in [-0.2, 0) is 0 Å². The zero-order valence-electron chi connectivity index (χ0n) is 16.7. The smallest absolute Gasteiger partial charge is 0.222 e. The first-order valence-corrected chi connectivity index (χ1v) is 9.75. The quantitative estimate of drug-likeness (QED) is 0.737. The molecule has 2 fully saturated rings. The van der Waals surface area contributed by atoms with E-state index in [0.29, 0.717) is 24.5 Å². The summed E-state index contributed by atoms with van der Waals surface area (Å²) in [6, 6.07) is 10.6. The third-order valence-corrected chi connectivity index (χ3v) is 5.45. The van der Waals surface area contributed by atoms with E-state index in [0.717, 1.165) is 62.0 Å². The maximum atomic E-state index is 5.98. The Balaban J connectivity index is 0.00000150. The Morgan fingerprint density at radius 3 is 2.34 bits per heavy atom. The number of halogens is 2. The molecule has 0 unspecified atom stereocenters. The number of hydrogen-bond donors (Lipinski definition) is 2. The summed E-state index contributed by atoms with van der Waals surface area (Å²) in [6.45, 7) is 6.29. The third-order valence-electron chi connectivity index (χ3n) is 5.45. The number of aromatic nitrogens is 2. The molecule has 1 saturated carbocycles. The molecule has 0 bridgehead atoms. The summed E-state index contributed by atoms with van der Waals surface area (Å²) >= 11 is 0. The van der Waals surface area contributed by atoms with Gasteiger partial charge in [0.25, 0.3) is 0 Å². The van der Waals surface area contributed by atoms with Gasteiger partial charge in [-0.25, -0.2) is 4.98 Å². The van der Waals surface area contributed by atoms with Crippen LogP contribution in [0.15, 0.2) is 30.3 Å². The van der Waals surface area contributed by atoms with Gasteiger partial charge in [0, 0.05) is 44.2 Å². The number of nitrogens with zero attached hydrogens (tertiary/aromatic N) is 4. The van der Waals surface area contributed by atoms with Crippen molar-refractivity contribution in [1.82, 2.24) is 9.97 Å². The van der Waals surface area contributed by atoms with E-state index in [9.17, 15) is 0 Å². The molecule has 2 aromatic rings. The fourth-order valence-electron chi connectivity index (χ4n) is 3.92. The molecule has 1 aromatic carbocycles. The van der Waals surface area contributed by atoms with Gasteiger partial charge in [-0.15, -0.1) is 24.8 Å². The first-order chi connectivity index (χ1) is 13.1. The maximum absolute atomic E-state index is 5.98. The summed E-state index contributed by atoms with van der Waals surface area (Å²) in [5, 5.41) is 0. The van der Waals surface area contributed by atoms with Crippen molar-refractivity contribution in [3.63, 3.8) is 0 Å². The number of hydrogen-bond acceptors (Lipinski definition) is 7.